The van der Waals surface area contributed by atoms with Gasteiger partial charge >= 0.3 is 0 Å². The van der Waals surface area contributed by atoms with Crippen molar-refractivity contribution in [2.45, 2.75) is 13.8 Å². The van der Waals surface area contributed by atoms with E-state index in [2.05, 4.69) is 146 Å². The first-order valence-corrected chi connectivity index (χ1v) is 21.1. The Bertz CT molecular complexity index is 2860. The molecule has 0 N–H and O–H groups in total. The van der Waals surface area contributed by atoms with Gasteiger partial charge < -0.3 is 0 Å². The molecule has 5 nitrogen and oxygen atoms in total. The van der Waals surface area contributed by atoms with Gasteiger partial charge in [0.05, 0.1) is 22.8 Å². The van der Waals surface area contributed by atoms with E-state index < -0.39 is 0 Å². The van der Waals surface area contributed by atoms with Crippen LogP contribution in [-0.4, -0.2) is 33.2 Å². The molecule has 0 saturated carbocycles. The Hall–Kier alpha value is -8.15. The molecule has 0 amide bonds. The van der Waals surface area contributed by atoms with Crippen molar-refractivity contribution in [3.05, 3.63) is 223 Å². The molecule has 0 fully saturated rings. The van der Waals surface area contributed by atoms with E-state index in [1.165, 1.54) is 16.7 Å². The van der Waals surface area contributed by atoms with Gasteiger partial charge in [0.15, 0.2) is 11.6 Å². The maximum Gasteiger partial charge on any atom is 0.160 e. The summed E-state index contributed by atoms with van der Waals surface area (Å²) in [5.41, 5.74) is 17.1. The third kappa shape index (κ3) is 9.29. The number of rotatable bonds is 11. The highest BCUT2D eigenvalue weighted by Gasteiger charge is 2.17. The van der Waals surface area contributed by atoms with Gasteiger partial charge in [-0.05, 0) is 101 Å². The first kappa shape index (κ1) is 40.3. The topological polar surface area (TPSA) is 63.9 Å². The molecule has 0 aliphatic carbocycles. The first-order chi connectivity index (χ1) is 31.0. The Morgan fingerprint density at radius 2 is 0.762 bits per heavy atom. The molecule has 0 aliphatic heterocycles. The normalized spacial score (nSPS) is 11.7. The van der Waals surface area contributed by atoms with Crippen molar-refractivity contribution in [3.63, 3.8) is 0 Å². The molecule has 0 saturated heterocycles. The molecule has 9 aromatic rings. The lowest BCUT2D eigenvalue weighted by molar-refractivity contribution is 1.17. The molecule has 7 aromatic carbocycles. The first-order valence-electron chi connectivity index (χ1n) is 21.1. The number of hydrogen-bond acceptors (Lipinski definition) is 5. The number of hydrogen-bond donors (Lipinski definition) is 0. The summed E-state index contributed by atoms with van der Waals surface area (Å²) in [5, 5.41) is 0. The van der Waals surface area contributed by atoms with Crippen LogP contribution < -0.4 is 0 Å². The average molecular weight is 812 g/mol. The third-order valence-electron chi connectivity index (χ3n) is 11.1. The molecule has 0 bridgehead atoms. The second-order valence-electron chi connectivity index (χ2n) is 15.4. The smallest absolute Gasteiger partial charge is 0.160 e. The van der Waals surface area contributed by atoms with E-state index >= 15 is 0 Å². The number of aliphatic imine (C=N–C) groups is 1. The zero-order valence-corrected chi connectivity index (χ0v) is 35.5. The SMILES string of the molecule is CN=C/C=C\C=C(/C)c1cc(-c2cccc(-c3cc(-c4nc(-c5ccccc5)cc(-c5ccccc5)n4)cc(-c4nc(-c5ccccc5)cc(-c5ccccc5)n4)c3)c2)ccc1C. The maximum absolute atomic E-state index is 5.26. The number of nitrogens with zero attached hydrogens (tertiary/aromatic N) is 5. The molecule has 0 radical (unpaired) electrons. The number of benzene rings is 7. The Kier molecular flexibility index (Phi) is 11.9. The lowest BCUT2D eigenvalue weighted by atomic mass is 9.93. The summed E-state index contributed by atoms with van der Waals surface area (Å²) in [6.45, 7) is 4.31. The molecule has 2 aromatic heterocycles. The molecule has 2 heterocycles. The van der Waals surface area contributed by atoms with Crippen LogP contribution >= 0.6 is 0 Å². The Morgan fingerprint density at radius 3 is 1.21 bits per heavy atom. The summed E-state index contributed by atoms with van der Waals surface area (Å²) in [5.74, 6) is 1.23. The van der Waals surface area contributed by atoms with Crippen molar-refractivity contribution in [1.82, 2.24) is 19.9 Å². The van der Waals surface area contributed by atoms with Gasteiger partial charge in [-0.1, -0.05) is 164 Å². The van der Waals surface area contributed by atoms with Crippen molar-refractivity contribution < 1.29 is 0 Å². The summed E-state index contributed by atoms with van der Waals surface area (Å²) < 4.78 is 0. The Morgan fingerprint density at radius 1 is 0.381 bits per heavy atom. The van der Waals surface area contributed by atoms with Crippen molar-refractivity contribution in [1.29, 1.82) is 0 Å². The van der Waals surface area contributed by atoms with Gasteiger partial charge in [0.25, 0.3) is 0 Å². The van der Waals surface area contributed by atoms with Crippen LogP contribution in [0.1, 0.15) is 18.1 Å². The Balaban J connectivity index is 1.24. The molecule has 0 aliphatic rings. The van der Waals surface area contributed by atoms with E-state index in [1.54, 1.807) is 13.3 Å². The van der Waals surface area contributed by atoms with Gasteiger partial charge in [-0.25, -0.2) is 19.9 Å². The van der Waals surface area contributed by atoms with E-state index in [9.17, 15) is 0 Å². The average Bonchev–Trinajstić information content (AvgIpc) is 3.36. The van der Waals surface area contributed by atoms with E-state index in [-0.39, 0.29) is 0 Å². The van der Waals surface area contributed by atoms with Gasteiger partial charge in [-0.15, -0.1) is 0 Å². The lowest BCUT2D eigenvalue weighted by Gasteiger charge is -2.15. The summed E-state index contributed by atoms with van der Waals surface area (Å²) in [4.78, 5) is 25.1. The minimum absolute atomic E-state index is 0.613. The number of aryl methyl sites for hydroxylation is 1. The van der Waals surface area contributed by atoms with Crippen LogP contribution in [-0.2, 0) is 0 Å². The molecular weight excluding hydrogens is 767 g/mol. The molecule has 0 unspecified atom stereocenters. The van der Waals surface area contributed by atoms with E-state index in [0.717, 1.165) is 78.4 Å². The van der Waals surface area contributed by atoms with Crippen LogP contribution in [0.25, 0.3) is 95.6 Å². The van der Waals surface area contributed by atoms with Crippen LogP contribution in [0.2, 0.25) is 0 Å². The highest BCUT2D eigenvalue weighted by Crippen LogP contribution is 2.37. The predicted octanol–water partition coefficient (Wildman–Crippen LogP) is 14.6. The zero-order valence-electron chi connectivity index (χ0n) is 35.5. The molecular formula is C58H45N5. The van der Waals surface area contributed by atoms with Crippen LogP contribution in [0, 0.1) is 6.92 Å². The quantitative estimate of drug-likeness (QED) is 0.0964. The Labute approximate surface area is 369 Å². The van der Waals surface area contributed by atoms with Crippen molar-refractivity contribution in [2.24, 2.45) is 4.99 Å². The van der Waals surface area contributed by atoms with Crippen molar-refractivity contribution in [2.75, 3.05) is 7.05 Å². The van der Waals surface area contributed by atoms with Crippen LogP contribution in [0.15, 0.2) is 217 Å². The van der Waals surface area contributed by atoms with Gasteiger partial charge in [-0.3, -0.25) is 4.99 Å². The second-order valence-corrected chi connectivity index (χ2v) is 15.4. The fourth-order valence-electron chi connectivity index (χ4n) is 7.76. The lowest BCUT2D eigenvalue weighted by Crippen LogP contribution is -1.99. The van der Waals surface area contributed by atoms with Gasteiger partial charge in [-0.2, -0.15) is 0 Å². The summed E-state index contributed by atoms with van der Waals surface area (Å²) in [7, 11) is 1.78. The number of aromatic nitrogens is 4. The van der Waals surface area contributed by atoms with E-state index in [0.29, 0.717) is 11.6 Å². The van der Waals surface area contributed by atoms with Crippen molar-refractivity contribution >= 4 is 11.8 Å². The molecule has 63 heavy (non-hydrogen) atoms. The summed E-state index contributed by atoms with van der Waals surface area (Å²) in [6.07, 6.45) is 7.91. The minimum atomic E-state index is 0.613. The fourth-order valence-corrected chi connectivity index (χ4v) is 7.76. The highest BCUT2D eigenvalue weighted by atomic mass is 14.9. The standard InChI is InChI=1S/C58H45N5/c1-40(19-16-17-32-59-3)52-37-48(31-30-41(52)2)46-28-18-29-47(33-46)49-34-50(57-60-53(42-20-8-4-9-21-42)38-54(61-57)43-22-10-5-11-23-43)36-51(35-49)58-62-55(44-24-12-6-13-25-44)39-56(63-58)45-26-14-7-15-27-45/h4-39H,1-3H3/b17-16-,40-19+,59-32?. The number of allylic oxidation sites excluding steroid dienone is 4. The van der Waals surface area contributed by atoms with Crippen LogP contribution in [0.4, 0.5) is 0 Å². The second kappa shape index (κ2) is 18.6. The fraction of sp³-hybridized carbons (Fsp3) is 0.0517. The third-order valence-corrected chi connectivity index (χ3v) is 11.1. The van der Waals surface area contributed by atoms with Crippen LogP contribution in [0.5, 0.6) is 0 Å². The van der Waals surface area contributed by atoms with Crippen molar-refractivity contribution in [3.8, 4) is 90.1 Å². The molecule has 0 spiro atoms. The highest BCUT2D eigenvalue weighted by molar-refractivity contribution is 5.84. The zero-order chi connectivity index (χ0) is 43.0. The monoisotopic (exact) mass is 811 g/mol. The van der Waals surface area contributed by atoms with Crippen LogP contribution in [0.3, 0.4) is 0 Å². The van der Waals surface area contributed by atoms with Gasteiger partial charge in [0.2, 0.25) is 0 Å². The molecule has 302 valence electrons. The van der Waals surface area contributed by atoms with E-state index in [1.807, 2.05) is 84.9 Å². The maximum atomic E-state index is 5.26. The molecule has 0 atom stereocenters. The molecule has 9 rings (SSSR count). The largest absolute Gasteiger partial charge is 0.297 e. The van der Waals surface area contributed by atoms with Gasteiger partial charge in [0.1, 0.15) is 0 Å². The predicted molar refractivity (Wildman–Crippen MR) is 263 cm³/mol. The molecule has 5 heteroatoms. The van der Waals surface area contributed by atoms with E-state index in [4.69, 9.17) is 19.9 Å². The summed E-state index contributed by atoms with van der Waals surface area (Å²) >= 11 is 0. The summed E-state index contributed by atoms with van der Waals surface area (Å²) in [6, 6.07) is 67.3. The minimum Gasteiger partial charge on any atom is -0.297 e. The van der Waals surface area contributed by atoms with Gasteiger partial charge in [0, 0.05) is 46.6 Å².